The molecular weight excluding hydrogens is 502 g/mol. The minimum atomic E-state index is -3.83. The maximum absolute atomic E-state index is 13.4. The monoisotopic (exact) mass is 531 g/mol. The van der Waals surface area contributed by atoms with Crippen LogP contribution >= 0.6 is 11.3 Å². The molecule has 1 aromatic heterocycles. The maximum Gasteiger partial charge on any atom is 0.271 e. The fourth-order valence-corrected chi connectivity index (χ4v) is 5.97. The molecule has 0 fully saturated rings. The molecule has 0 spiro atoms. The summed E-state index contributed by atoms with van der Waals surface area (Å²) < 4.78 is 59.1. The molecule has 0 bridgehead atoms. The number of carbonyl (C=O) groups is 1. The Morgan fingerprint density at radius 3 is 2.59 bits per heavy atom. The van der Waals surface area contributed by atoms with Crippen LogP contribution in [-0.2, 0) is 20.0 Å². The number of likely N-dealkylation sites (N-methyl/N-ethyl adjacent to an activating group) is 1. The largest absolute Gasteiger partial charge is 0.488 e. The molecule has 1 amide bonds. The molecule has 10 nitrogen and oxygen atoms in total. The van der Waals surface area contributed by atoms with Gasteiger partial charge in [-0.15, -0.1) is 11.3 Å². The van der Waals surface area contributed by atoms with Gasteiger partial charge in [0.1, 0.15) is 16.1 Å². The number of rotatable bonds is 8. The van der Waals surface area contributed by atoms with Crippen molar-refractivity contribution in [1.82, 2.24) is 9.21 Å². The van der Waals surface area contributed by atoms with Crippen LogP contribution in [0.2, 0.25) is 0 Å². The number of ether oxygens (including phenoxy) is 1. The Bertz CT molecular complexity index is 1230. The second kappa shape index (κ2) is 10.2. The SMILES string of the molecule is C[C@H]1CN([C@@H](C)CO)C(=O)c2cc(NS(=O)(=O)c3cccs3)ccc2O[C@H]1CN(C)S(C)(=O)=O. The Morgan fingerprint density at radius 1 is 1.29 bits per heavy atom. The van der Waals surface area contributed by atoms with Crippen LogP contribution in [0, 0.1) is 5.92 Å². The van der Waals surface area contributed by atoms with Gasteiger partial charge in [-0.05, 0) is 36.6 Å². The van der Waals surface area contributed by atoms with E-state index in [1.165, 1.54) is 40.5 Å². The number of hydrogen-bond donors (Lipinski definition) is 2. The summed E-state index contributed by atoms with van der Waals surface area (Å²) in [6.07, 6.45) is 0.512. The summed E-state index contributed by atoms with van der Waals surface area (Å²) in [6.45, 7) is 3.55. The van der Waals surface area contributed by atoms with Crippen molar-refractivity contribution in [3.05, 3.63) is 41.3 Å². The molecule has 188 valence electrons. The number of carbonyl (C=O) groups excluding carboxylic acids is 1. The zero-order valence-corrected chi connectivity index (χ0v) is 21.8. The highest BCUT2D eigenvalue weighted by atomic mass is 32.2. The smallest absolute Gasteiger partial charge is 0.271 e. The van der Waals surface area contributed by atoms with Crippen LogP contribution in [0.15, 0.2) is 39.9 Å². The average molecular weight is 532 g/mol. The van der Waals surface area contributed by atoms with E-state index in [1.807, 2.05) is 6.92 Å². The second-order valence-electron chi connectivity index (χ2n) is 8.41. The molecule has 3 atom stereocenters. The summed E-state index contributed by atoms with van der Waals surface area (Å²) in [7, 11) is -5.84. The van der Waals surface area contributed by atoms with Crippen molar-refractivity contribution in [2.75, 3.05) is 37.7 Å². The molecule has 0 unspecified atom stereocenters. The Balaban J connectivity index is 2.01. The van der Waals surface area contributed by atoms with E-state index >= 15 is 0 Å². The van der Waals surface area contributed by atoms with Crippen molar-refractivity contribution in [2.45, 2.75) is 30.2 Å². The number of nitrogens with zero attached hydrogens (tertiary/aromatic N) is 2. The third-order valence-electron chi connectivity index (χ3n) is 5.68. The molecule has 2 heterocycles. The lowest BCUT2D eigenvalue weighted by molar-refractivity contribution is 0.0387. The van der Waals surface area contributed by atoms with Crippen molar-refractivity contribution in [1.29, 1.82) is 0 Å². The van der Waals surface area contributed by atoms with E-state index in [2.05, 4.69) is 4.72 Å². The fourth-order valence-electron chi connectivity index (χ4n) is 3.51. The van der Waals surface area contributed by atoms with E-state index in [9.17, 15) is 26.7 Å². The molecule has 0 radical (unpaired) electrons. The van der Waals surface area contributed by atoms with Gasteiger partial charge in [-0.1, -0.05) is 13.0 Å². The van der Waals surface area contributed by atoms with Gasteiger partial charge >= 0.3 is 0 Å². The van der Waals surface area contributed by atoms with E-state index in [-0.39, 0.29) is 46.8 Å². The average Bonchev–Trinajstić information content (AvgIpc) is 3.31. The number of amides is 1. The van der Waals surface area contributed by atoms with Crippen LogP contribution < -0.4 is 9.46 Å². The van der Waals surface area contributed by atoms with Crippen LogP contribution in [0.1, 0.15) is 24.2 Å². The van der Waals surface area contributed by atoms with Gasteiger partial charge in [-0.2, -0.15) is 0 Å². The molecule has 1 aliphatic heterocycles. The standard InChI is InChI=1S/C21H29N3O7S3/c1-14-11-24(15(2)13-25)21(26)17-10-16(22-34(29,30)20-6-5-9-32-20)7-8-18(17)31-19(14)12-23(3)33(4,27)28/h5-10,14-15,19,22,25H,11-13H2,1-4H3/t14-,15-,19-/m0/s1. The second-order valence-corrected chi connectivity index (χ2v) is 13.4. The zero-order chi connectivity index (χ0) is 25.3. The van der Waals surface area contributed by atoms with Gasteiger partial charge in [0.05, 0.1) is 31.0 Å². The van der Waals surface area contributed by atoms with Crippen molar-refractivity contribution in [2.24, 2.45) is 5.92 Å². The highest BCUT2D eigenvalue weighted by molar-refractivity contribution is 7.94. The van der Waals surface area contributed by atoms with Crippen molar-refractivity contribution < 1.29 is 31.5 Å². The number of nitrogens with one attached hydrogen (secondary N) is 1. The van der Waals surface area contributed by atoms with Gasteiger partial charge in [-0.3, -0.25) is 9.52 Å². The van der Waals surface area contributed by atoms with Crippen LogP contribution in [0.25, 0.3) is 0 Å². The topological polar surface area (TPSA) is 133 Å². The normalized spacial score (nSPS) is 20.3. The predicted molar refractivity (Wildman–Crippen MR) is 130 cm³/mol. The van der Waals surface area contributed by atoms with E-state index in [0.29, 0.717) is 0 Å². The summed E-state index contributed by atoms with van der Waals surface area (Å²) in [6, 6.07) is 6.96. The molecule has 13 heteroatoms. The molecule has 1 aromatic carbocycles. The third-order valence-corrected chi connectivity index (χ3v) is 9.74. The fraction of sp³-hybridized carbons (Fsp3) is 0.476. The van der Waals surface area contributed by atoms with Gasteiger partial charge in [0.25, 0.3) is 15.9 Å². The first-order chi connectivity index (χ1) is 15.8. The molecule has 0 saturated heterocycles. The number of sulfonamides is 2. The van der Waals surface area contributed by atoms with E-state index < -0.39 is 38.1 Å². The molecule has 2 N–H and O–H groups in total. The number of thiophene rings is 1. The summed E-state index contributed by atoms with van der Waals surface area (Å²) in [5, 5.41) is 11.4. The first-order valence-electron chi connectivity index (χ1n) is 10.5. The lowest BCUT2D eigenvalue weighted by Gasteiger charge is -2.38. The van der Waals surface area contributed by atoms with Crippen LogP contribution in [0.5, 0.6) is 5.75 Å². The molecule has 2 aromatic rings. The Morgan fingerprint density at radius 2 is 2.00 bits per heavy atom. The molecule has 34 heavy (non-hydrogen) atoms. The highest BCUT2D eigenvalue weighted by Crippen LogP contribution is 2.31. The minimum Gasteiger partial charge on any atom is -0.488 e. The third kappa shape index (κ3) is 5.89. The van der Waals surface area contributed by atoms with Crippen LogP contribution in [-0.4, -0.2) is 82.2 Å². The number of aliphatic hydroxyl groups excluding tert-OH is 1. The predicted octanol–water partition coefficient (Wildman–Crippen LogP) is 1.66. The Kier molecular flexibility index (Phi) is 7.92. The zero-order valence-electron chi connectivity index (χ0n) is 19.3. The number of fused-ring (bicyclic) bond motifs is 1. The summed E-state index contributed by atoms with van der Waals surface area (Å²) in [4.78, 5) is 14.9. The number of hydrogen-bond acceptors (Lipinski definition) is 8. The maximum atomic E-state index is 13.4. The quantitative estimate of drug-likeness (QED) is 0.529. The molecular formula is C21H29N3O7S3. The summed E-state index contributed by atoms with van der Waals surface area (Å²) in [5.74, 6) is -0.472. The van der Waals surface area contributed by atoms with E-state index in [0.717, 1.165) is 17.6 Å². The van der Waals surface area contributed by atoms with Gasteiger partial charge in [0.2, 0.25) is 10.0 Å². The Hall–Kier alpha value is -2.19. The lowest BCUT2D eigenvalue weighted by Crippen LogP contribution is -2.50. The highest BCUT2D eigenvalue weighted by Gasteiger charge is 2.34. The first-order valence-corrected chi connectivity index (χ1v) is 14.7. The van der Waals surface area contributed by atoms with Gasteiger partial charge in [0, 0.05) is 25.2 Å². The minimum absolute atomic E-state index is 0.0573. The summed E-state index contributed by atoms with van der Waals surface area (Å²) in [5.41, 5.74) is 0.296. The van der Waals surface area contributed by atoms with Crippen molar-refractivity contribution in [3.8, 4) is 5.75 Å². The van der Waals surface area contributed by atoms with Crippen molar-refractivity contribution >= 4 is 43.0 Å². The number of benzene rings is 1. The first kappa shape index (κ1) is 26.4. The van der Waals surface area contributed by atoms with Crippen LogP contribution in [0.4, 0.5) is 5.69 Å². The van der Waals surface area contributed by atoms with E-state index in [1.54, 1.807) is 18.4 Å². The van der Waals surface area contributed by atoms with Crippen LogP contribution in [0.3, 0.4) is 0 Å². The molecule has 0 aliphatic carbocycles. The van der Waals surface area contributed by atoms with Gasteiger partial charge < -0.3 is 14.7 Å². The Labute approximate surface area is 204 Å². The number of anilines is 1. The molecule has 1 aliphatic rings. The van der Waals surface area contributed by atoms with Gasteiger partial charge in [-0.25, -0.2) is 21.1 Å². The lowest BCUT2D eigenvalue weighted by atomic mass is 9.99. The molecule has 3 rings (SSSR count). The van der Waals surface area contributed by atoms with E-state index in [4.69, 9.17) is 4.74 Å². The van der Waals surface area contributed by atoms with Gasteiger partial charge in [0.15, 0.2) is 0 Å². The molecule has 0 saturated carbocycles. The summed E-state index contributed by atoms with van der Waals surface area (Å²) >= 11 is 1.07. The number of aliphatic hydroxyl groups is 1. The van der Waals surface area contributed by atoms with Crippen molar-refractivity contribution in [3.63, 3.8) is 0 Å².